The molecule has 0 bridgehead atoms. The molecule has 2 aromatic rings. The zero-order chi connectivity index (χ0) is 27.2. The van der Waals surface area contributed by atoms with Gasteiger partial charge in [-0.15, -0.1) is 11.8 Å². The number of nitrogens with one attached hydrogen (secondary N) is 1. The lowest BCUT2D eigenvalue weighted by atomic mass is 9.80. The smallest absolute Gasteiger partial charge is 0.433 e. The summed E-state index contributed by atoms with van der Waals surface area (Å²) >= 11 is 1.81. The van der Waals surface area contributed by atoms with E-state index in [1.807, 2.05) is 36.0 Å². The van der Waals surface area contributed by atoms with Crippen molar-refractivity contribution < 1.29 is 31.5 Å². The lowest BCUT2D eigenvalue weighted by molar-refractivity contribution is -0.141. The van der Waals surface area contributed by atoms with Gasteiger partial charge in [-0.25, -0.2) is 9.37 Å². The Labute approximate surface area is 218 Å². The molecule has 4 rings (SSSR count). The molecule has 10 heteroatoms. The third kappa shape index (κ3) is 7.82. The first-order valence-electron chi connectivity index (χ1n) is 12.3. The number of carbonyl (C=O) groups excluding carboxylic acids is 1. The molecular weight excluding hydrogens is 511 g/mol. The normalized spacial score (nSPS) is 20.4. The Kier molecular flexibility index (Phi) is 10.2. The van der Waals surface area contributed by atoms with Crippen LogP contribution in [0, 0.1) is 18.8 Å². The minimum Gasteiger partial charge on any atom is -0.480 e. The van der Waals surface area contributed by atoms with Crippen LogP contribution in [0.4, 0.5) is 22.0 Å². The molecule has 0 radical (unpaired) electrons. The summed E-state index contributed by atoms with van der Waals surface area (Å²) in [5.41, 5.74) is -0.116. The Hall–Kier alpha value is -2.36. The number of halogens is 5. The quantitative estimate of drug-likeness (QED) is 0.276. The Morgan fingerprint density at radius 3 is 2.27 bits per heavy atom. The zero-order valence-corrected chi connectivity index (χ0v) is 22.0. The summed E-state index contributed by atoms with van der Waals surface area (Å²) in [5, 5.41) is 3.02. The first-order chi connectivity index (χ1) is 17.7. The number of methoxy groups -OCH3 is 1. The molecule has 1 aromatic carbocycles. The van der Waals surface area contributed by atoms with E-state index in [-0.39, 0.29) is 22.9 Å². The average molecular weight is 545 g/mol. The number of amides is 1. The summed E-state index contributed by atoms with van der Waals surface area (Å²) in [5.74, 6) is 0.996. The van der Waals surface area contributed by atoms with Gasteiger partial charge in [0.05, 0.1) is 20.3 Å². The molecule has 204 valence electrons. The fraction of sp³-hybridized carbons (Fsp3) is 0.556. The van der Waals surface area contributed by atoms with Crippen LogP contribution < -0.4 is 10.1 Å². The maximum absolute atomic E-state index is 13.8. The van der Waals surface area contributed by atoms with Gasteiger partial charge in [0.15, 0.2) is 0 Å². The van der Waals surface area contributed by atoms with Crippen LogP contribution >= 0.6 is 11.8 Å². The number of nitrogens with zero attached hydrogens (tertiary/aromatic N) is 1. The molecule has 2 fully saturated rings. The van der Waals surface area contributed by atoms with Crippen LogP contribution in [0.3, 0.4) is 0 Å². The number of alkyl halides is 5. The van der Waals surface area contributed by atoms with E-state index in [2.05, 4.69) is 10.3 Å². The highest BCUT2D eigenvalue weighted by Crippen LogP contribution is 2.39. The van der Waals surface area contributed by atoms with Crippen LogP contribution in [-0.4, -0.2) is 37.1 Å². The SMILES string of the molecule is CF.COc1nc(C(F)(F)F)cc(C)c1C(=O)NC(c1ccc(SCC2CC2)cc1)C1CCC(F)CC1. The van der Waals surface area contributed by atoms with E-state index in [0.717, 1.165) is 28.2 Å². The Balaban J connectivity index is 0.00000186. The minimum absolute atomic E-state index is 0.0182. The summed E-state index contributed by atoms with van der Waals surface area (Å²) in [6.07, 6.45) is -0.828. The molecule has 0 saturated heterocycles. The van der Waals surface area contributed by atoms with Crippen molar-refractivity contribution in [2.75, 3.05) is 20.0 Å². The number of hydrogen-bond donors (Lipinski definition) is 1. The van der Waals surface area contributed by atoms with Gasteiger partial charge in [-0.05, 0) is 86.6 Å². The highest BCUT2D eigenvalue weighted by molar-refractivity contribution is 7.99. The molecule has 2 saturated carbocycles. The molecule has 1 unspecified atom stereocenters. The van der Waals surface area contributed by atoms with Crippen molar-refractivity contribution in [2.45, 2.75) is 68.7 Å². The predicted molar refractivity (Wildman–Crippen MR) is 135 cm³/mol. The van der Waals surface area contributed by atoms with E-state index in [0.29, 0.717) is 32.9 Å². The standard InChI is InChI=1S/C26H30F4N2O2S.CH3F/c1-15-13-21(26(28,29)30)31-25(34-2)22(15)24(33)32-23(17-5-9-19(27)10-6-17)18-7-11-20(12-8-18)35-14-16-3-4-16;1-2/h7-8,11-13,16-17,19,23H,3-6,9-10,14H2,1-2H3,(H,32,33);1H3. The van der Waals surface area contributed by atoms with Gasteiger partial charge >= 0.3 is 6.18 Å². The van der Waals surface area contributed by atoms with Crippen molar-refractivity contribution in [3.8, 4) is 5.88 Å². The molecule has 1 amide bonds. The molecule has 1 aromatic heterocycles. The first kappa shape index (κ1) is 29.2. The topological polar surface area (TPSA) is 51.2 Å². The maximum atomic E-state index is 13.8. The summed E-state index contributed by atoms with van der Waals surface area (Å²) in [6, 6.07) is 8.49. The van der Waals surface area contributed by atoms with Crippen LogP contribution in [-0.2, 0) is 6.18 Å². The third-order valence-electron chi connectivity index (χ3n) is 6.78. The molecule has 4 nitrogen and oxygen atoms in total. The van der Waals surface area contributed by atoms with Gasteiger partial charge in [0.2, 0.25) is 5.88 Å². The number of pyridine rings is 1. The molecular formula is C27H33F5N2O2S. The molecule has 1 heterocycles. The van der Waals surface area contributed by atoms with E-state index in [1.165, 1.54) is 26.9 Å². The van der Waals surface area contributed by atoms with Crippen molar-refractivity contribution in [3.63, 3.8) is 0 Å². The van der Waals surface area contributed by atoms with Gasteiger partial charge in [-0.1, -0.05) is 12.1 Å². The fourth-order valence-electron chi connectivity index (χ4n) is 4.58. The number of aryl methyl sites for hydroxylation is 1. The van der Waals surface area contributed by atoms with Crippen LogP contribution in [0.15, 0.2) is 35.2 Å². The second-order valence-corrected chi connectivity index (χ2v) is 10.6. The Morgan fingerprint density at radius 1 is 1.11 bits per heavy atom. The number of hydrogen-bond acceptors (Lipinski definition) is 4. The predicted octanol–water partition coefficient (Wildman–Crippen LogP) is 7.50. The lowest BCUT2D eigenvalue weighted by Crippen LogP contribution is -2.36. The summed E-state index contributed by atoms with van der Waals surface area (Å²) in [4.78, 5) is 18.1. The molecule has 2 aliphatic carbocycles. The number of aromatic nitrogens is 1. The number of rotatable bonds is 8. The highest BCUT2D eigenvalue weighted by atomic mass is 32.2. The van der Waals surface area contributed by atoms with Gasteiger partial charge in [-0.3, -0.25) is 9.18 Å². The second-order valence-electron chi connectivity index (χ2n) is 9.49. The Bertz CT molecular complexity index is 1040. The van der Waals surface area contributed by atoms with Gasteiger partial charge in [0.1, 0.15) is 17.4 Å². The largest absolute Gasteiger partial charge is 0.480 e. The highest BCUT2D eigenvalue weighted by Gasteiger charge is 2.36. The average Bonchev–Trinajstić information content (AvgIpc) is 3.72. The zero-order valence-electron chi connectivity index (χ0n) is 21.2. The number of carbonyl (C=O) groups is 1. The number of ether oxygens (including phenoxy) is 1. The first-order valence-corrected chi connectivity index (χ1v) is 13.3. The second kappa shape index (κ2) is 12.9. The van der Waals surface area contributed by atoms with Crippen molar-refractivity contribution in [2.24, 2.45) is 11.8 Å². The maximum Gasteiger partial charge on any atom is 0.433 e. The summed E-state index contributed by atoms with van der Waals surface area (Å²) < 4.78 is 68.0. The third-order valence-corrected chi connectivity index (χ3v) is 8.02. The molecule has 0 aliphatic heterocycles. The molecule has 1 atom stereocenters. The molecule has 0 spiro atoms. The van der Waals surface area contributed by atoms with Crippen molar-refractivity contribution in [1.29, 1.82) is 0 Å². The van der Waals surface area contributed by atoms with Crippen LogP contribution in [0.25, 0.3) is 0 Å². The fourth-order valence-corrected chi connectivity index (χ4v) is 5.67. The van der Waals surface area contributed by atoms with E-state index in [1.54, 1.807) is 0 Å². The van der Waals surface area contributed by atoms with E-state index in [4.69, 9.17) is 4.74 Å². The van der Waals surface area contributed by atoms with E-state index < -0.39 is 30.0 Å². The molecule has 37 heavy (non-hydrogen) atoms. The van der Waals surface area contributed by atoms with Crippen LogP contribution in [0.1, 0.15) is 71.7 Å². The summed E-state index contributed by atoms with van der Waals surface area (Å²) in [6.45, 7) is 1.43. The van der Waals surface area contributed by atoms with Crippen LogP contribution in [0.5, 0.6) is 5.88 Å². The lowest BCUT2D eigenvalue weighted by Gasteiger charge is -2.33. The molecule has 2 aliphatic rings. The Morgan fingerprint density at radius 2 is 1.73 bits per heavy atom. The van der Waals surface area contributed by atoms with Gasteiger partial charge < -0.3 is 10.1 Å². The number of benzene rings is 1. The van der Waals surface area contributed by atoms with Crippen molar-refractivity contribution in [3.05, 3.63) is 52.7 Å². The molecule has 1 N–H and O–H groups in total. The van der Waals surface area contributed by atoms with E-state index in [9.17, 15) is 26.7 Å². The van der Waals surface area contributed by atoms with Gasteiger partial charge in [-0.2, -0.15) is 13.2 Å². The van der Waals surface area contributed by atoms with Crippen LogP contribution in [0.2, 0.25) is 0 Å². The van der Waals surface area contributed by atoms with Gasteiger partial charge in [0, 0.05) is 10.6 Å². The number of thioether (sulfide) groups is 1. The van der Waals surface area contributed by atoms with Crippen molar-refractivity contribution in [1.82, 2.24) is 10.3 Å². The summed E-state index contributed by atoms with van der Waals surface area (Å²) in [7, 11) is 1.69. The van der Waals surface area contributed by atoms with E-state index >= 15 is 0 Å². The minimum atomic E-state index is -4.65. The van der Waals surface area contributed by atoms with Crippen molar-refractivity contribution >= 4 is 17.7 Å². The monoisotopic (exact) mass is 544 g/mol. The van der Waals surface area contributed by atoms with Gasteiger partial charge in [0.25, 0.3) is 5.91 Å².